The van der Waals surface area contributed by atoms with Crippen molar-refractivity contribution in [1.82, 2.24) is 0 Å². The lowest BCUT2D eigenvalue weighted by Crippen LogP contribution is -2.45. The van der Waals surface area contributed by atoms with Gasteiger partial charge >= 0.3 is 11.9 Å². The Morgan fingerprint density at radius 2 is 1.57 bits per heavy atom. The number of rotatable bonds is 7. The van der Waals surface area contributed by atoms with E-state index in [2.05, 4.69) is 0 Å². The minimum absolute atomic E-state index is 0.119. The first-order chi connectivity index (χ1) is 11.0. The second-order valence-electron chi connectivity index (χ2n) is 5.85. The van der Waals surface area contributed by atoms with Crippen molar-refractivity contribution >= 4 is 17.7 Å². The summed E-state index contributed by atoms with van der Waals surface area (Å²) < 4.78 is 9.73. The molecule has 1 fully saturated rings. The fourth-order valence-electron chi connectivity index (χ4n) is 2.89. The zero-order valence-electron chi connectivity index (χ0n) is 13.8. The summed E-state index contributed by atoms with van der Waals surface area (Å²) in [6.45, 7) is 1.88. The molecule has 1 aliphatic carbocycles. The topological polar surface area (TPSA) is 69.7 Å². The maximum absolute atomic E-state index is 12.4. The molecule has 124 valence electrons. The van der Waals surface area contributed by atoms with Gasteiger partial charge in [0.25, 0.3) is 0 Å². The van der Waals surface area contributed by atoms with Crippen LogP contribution >= 0.6 is 0 Å². The van der Waals surface area contributed by atoms with Gasteiger partial charge in [0.1, 0.15) is 0 Å². The fraction of sp³-hybridized carbons (Fsp3) is 0.500. The first-order valence-corrected chi connectivity index (χ1v) is 7.82. The van der Waals surface area contributed by atoms with Crippen LogP contribution in [0.5, 0.6) is 0 Å². The van der Waals surface area contributed by atoms with E-state index in [-0.39, 0.29) is 18.1 Å². The molecule has 1 aliphatic rings. The van der Waals surface area contributed by atoms with Gasteiger partial charge in [-0.1, -0.05) is 37.6 Å². The third-order valence-corrected chi connectivity index (χ3v) is 4.30. The van der Waals surface area contributed by atoms with Gasteiger partial charge in [-0.05, 0) is 24.8 Å². The summed E-state index contributed by atoms with van der Waals surface area (Å²) in [6, 6.07) is 6.65. The molecule has 0 saturated heterocycles. The van der Waals surface area contributed by atoms with Gasteiger partial charge in [0.15, 0.2) is 11.2 Å². The van der Waals surface area contributed by atoms with Crippen LogP contribution in [-0.2, 0) is 24.5 Å². The number of benzene rings is 1. The maximum atomic E-state index is 12.4. The molecular weight excluding hydrogens is 296 g/mol. The van der Waals surface area contributed by atoms with Crippen molar-refractivity contribution in [3.8, 4) is 0 Å². The first-order valence-electron chi connectivity index (χ1n) is 7.82. The minimum atomic E-state index is -1.49. The lowest BCUT2D eigenvalue weighted by molar-refractivity contribution is -0.162. The van der Waals surface area contributed by atoms with Gasteiger partial charge in [0.05, 0.1) is 14.2 Å². The van der Waals surface area contributed by atoms with E-state index in [0.717, 1.165) is 12.8 Å². The van der Waals surface area contributed by atoms with E-state index in [1.54, 1.807) is 24.3 Å². The van der Waals surface area contributed by atoms with Crippen molar-refractivity contribution in [2.75, 3.05) is 14.2 Å². The number of hydrogen-bond donors (Lipinski definition) is 0. The summed E-state index contributed by atoms with van der Waals surface area (Å²) in [5.74, 6) is -1.05. The van der Waals surface area contributed by atoms with E-state index in [1.165, 1.54) is 14.2 Å². The molecule has 0 aromatic heterocycles. The zero-order valence-corrected chi connectivity index (χ0v) is 13.8. The highest BCUT2D eigenvalue weighted by molar-refractivity contribution is 6.06. The normalized spacial score (nSPS) is 14.2. The Kier molecular flexibility index (Phi) is 5.19. The summed E-state index contributed by atoms with van der Waals surface area (Å²) in [7, 11) is 2.50. The molecule has 0 N–H and O–H groups in total. The summed E-state index contributed by atoms with van der Waals surface area (Å²) >= 11 is 0. The monoisotopic (exact) mass is 318 g/mol. The van der Waals surface area contributed by atoms with Crippen molar-refractivity contribution in [2.45, 2.75) is 38.0 Å². The Morgan fingerprint density at radius 1 is 1.04 bits per heavy atom. The van der Waals surface area contributed by atoms with E-state index < -0.39 is 17.4 Å². The van der Waals surface area contributed by atoms with E-state index in [0.29, 0.717) is 17.5 Å². The molecule has 0 aliphatic heterocycles. The highest BCUT2D eigenvalue weighted by atomic mass is 16.5. The van der Waals surface area contributed by atoms with Gasteiger partial charge < -0.3 is 9.47 Å². The second-order valence-corrected chi connectivity index (χ2v) is 5.85. The molecule has 5 heteroatoms. The van der Waals surface area contributed by atoms with Crippen molar-refractivity contribution in [3.63, 3.8) is 0 Å². The Morgan fingerprint density at radius 3 is 1.96 bits per heavy atom. The molecule has 1 saturated carbocycles. The molecule has 0 unspecified atom stereocenters. The quantitative estimate of drug-likeness (QED) is 0.439. The van der Waals surface area contributed by atoms with Crippen LogP contribution in [0, 0.1) is 5.92 Å². The predicted molar refractivity (Wildman–Crippen MR) is 84.1 cm³/mol. The van der Waals surface area contributed by atoms with Crippen molar-refractivity contribution < 1.29 is 23.9 Å². The van der Waals surface area contributed by atoms with Crippen LogP contribution < -0.4 is 0 Å². The standard InChI is InChI=1S/C18H22O5/c1-4-11-18(16(20)22-2,17(21)23-3)14-9-7-13(8-10-14)15(19)12-5-6-12/h7-10,12H,4-6,11H2,1-3H3. The highest BCUT2D eigenvalue weighted by Crippen LogP contribution is 2.35. The predicted octanol–water partition coefficient (Wildman–Crippen LogP) is 2.66. The van der Waals surface area contributed by atoms with Gasteiger partial charge in [0.2, 0.25) is 0 Å². The molecule has 0 heterocycles. The third kappa shape index (κ3) is 3.14. The summed E-state index contributed by atoms with van der Waals surface area (Å²) in [5, 5.41) is 0. The highest BCUT2D eigenvalue weighted by Gasteiger charge is 2.49. The van der Waals surface area contributed by atoms with Gasteiger partial charge in [-0.3, -0.25) is 14.4 Å². The summed E-state index contributed by atoms with van der Waals surface area (Å²) in [6.07, 6.45) is 2.75. The fourth-order valence-corrected chi connectivity index (χ4v) is 2.89. The van der Waals surface area contributed by atoms with E-state index in [4.69, 9.17) is 9.47 Å². The molecule has 0 bridgehead atoms. The molecule has 5 nitrogen and oxygen atoms in total. The molecule has 1 aromatic carbocycles. The maximum Gasteiger partial charge on any atom is 0.327 e. The second kappa shape index (κ2) is 6.94. The Hall–Kier alpha value is -2.17. The number of carbonyl (C=O) groups is 3. The SMILES string of the molecule is CCCC(C(=O)OC)(C(=O)OC)c1ccc(C(=O)C2CC2)cc1. The van der Waals surface area contributed by atoms with E-state index in [1.807, 2.05) is 6.92 Å². The minimum Gasteiger partial charge on any atom is -0.468 e. The number of methoxy groups -OCH3 is 2. The van der Waals surface area contributed by atoms with Crippen molar-refractivity contribution in [3.05, 3.63) is 35.4 Å². The molecule has 1 aromatic rings. The van der Waals surface area contributed by atoms with E-state index >= 15 is 0 Å². The van der Waals surface area contributed by atoms with Crippen LogP contribution in [0.4, 0.5) is 0 Å². The molecule has 0 amide bonds. The van der Waals surface area contributed by atoms with Crippen molar-refractivity contribution in [1.29, 1.82) is 0 Å². The van der Waals surface area contributed by atoms with Crippen LogP contribution in [0.3, 0.4) is 0 Å². The van der Waals surface area contributed by atoms with Crippen LogP contribution in [0.15, 0.2) is 24.3 Å². The number of carbonyl (C=O) groups excluding carboxylic acids is 3. The lowest BCUT2D eigenvalue weighted by Gasteiger charge is -2.28. The van der Waals surface area contributed by atoms with Gasteiger partial charge in [-0.2, -0.15) is 0 Å². The number of Topliss-reactive ketones (excluding diaryl/α,β-unsaturated/α-hetero) is 1. The van der Waals surface area contributed by atoms with Gasteiger partial charge in [-0.25, -0.2) is 0 Å². The summed E-state index contributed by atoms with van der Waals surface area (Å²) in [5.41, 5.74) is -0.388. The Labute approximate surface area is 136 Å². The van der Waals surface area contributed by atoms with Crippen LogP contribution in [0.2, 0.25) is 0 Å². The van der Waals surface area contributed by atoms with Crippen LogP contribution in [0.1, 0.15) is 48.5 Å². The summed E-state index contributed by atoms with van der Waals surface area (Å²) in [4.78, 5) is 36.8. The van der Waals surface area contributed by atoms with Crippen LogP contribution in [-0.4, -0.2) is 31.9 Å². The smallest absolute Gasteiger partial charge is 0.327 e. The number of ketones is 1. The van der Waals surface area contributed by atoms with Crippen LogP contribution in [0.25, 0.3) is 0 Å². The number of ether oxygens (including phenoxy) is 2. The molecule has 0 radical (unpaired) electrons. The molecule has 2 rings (SSSR count). The van der Waals surface area contributed by atoms with Gasteiger partial charge in [-0.15, -0.1) is 0 Å². The number of esters is 2. The third-order valence-electron chi connectivity index (χ3n) is 4.30. The largest absolute Gasteiger partial charge is 0.468 e. The average molecular weight is 318 g/mol. The number of hydrogen-bond acceptors (Lipinski definition) is 5. The average Bonchev–Trinajstić information content (AvgIpc) is 3.43. The molecular formula is C18H22O5. The molecule has 23 heavy (non-hydrogen) atoms. The van der Waals surface area contributed by atoms with Crippen molar-refractivity contribution in [2.24, 2.45) is 5.92 Å². The van der Waals surface area contributed by atoms with E-state index in [9.17, 15) is 14.4 Å². The Bertz CT molecular complexity index is 582. The van der Waals surface area contributed by atoms with Gasteiger partial charge in [0, 0.05) is 11.5 Å². The molecule has 0 atom stereocenters. The lowest BCUT2D eigenvalue weighted by atomic mass is 9.76. The Balaban J connectivity index is 2.43. The zero-order chi connectivity index (χ0) is 17.0. The first kappa shape index (κ1) is 17.2. The molecule has 0 spiro atoms.